The van der Waals surface area contributed by atoms with Gasteiger partial charge in [-0.3, -0.25) is 19.3 Å². The van der Waals surface area contributed by atoms with Gasteiger partial charge < -0.3 is 15.0 Å². The molecule has 32 heavy (non-hydrogen) atoms. The predicted molar refractivity (Wildman–Crippen MR) is 123 cm³/mol. The molecule has 1 aromatic carbocycles. The maximum atomic E-state index is 13.7. The molecule has 1 N–H and O–H groups in total. The van der Waals surface area contributed by atoms with Gasteiger partial charge >= 0.3 is 0 Å². The van der Waals surface area contributed by atoms with Crippen LogP contribution >= 0.6 is 0 Å². The van der Waals surface area contributed by atoms with E-state index >= 15 is 0 Å². The summed E-state index contributed by atoms with van der Waals surface area (Å²) in [4.78, 5) is 43.0. The number of carbonyl (C=O) groups excluding carboxylic acids is 3. The fraction of sp³-hybridized carbons (Fsp3) is 0.640. The van der Waals surface area contributed by atoms with Crippen LogP contribution in [0.2, 0.25) is 0 Å². The number of ether oxygens (including phenoxy) is 1. The van der Waals surface area contributed by atoms with Gasteiger partial charge in [0.25, 0.3) is 5.91 Å². The van der Waals surface area contributed by atoms with Crippen LogP contribution in [0.5, 0.6) is 0 Å². The first-order chi connectivity index (χ1) is 14.9. The minimum absolute atomic E-state index is 0.0909. The van der Waals surface area contributed by atoms with Crippen LogP contribution in [0.1, 0.15) is 63.4 Å². The Morgan fingerprint density at radius 1 is 1.19 bits per heavy atom. The van der Waals surface area contributed by atoms with Crippen LogP contribution < -0.4 is 5.32 Å². The lowest BCUT2D eigenvalue weighted by molar-refractivity contribution is -0.150. The zero-order chi connectivity index (χ0) is 23.7. The number of amides is 3. The molecule has 3 amide bonds. The molecule has 1 atom stereocenters. The van der Waals surface area contributed by atoms with Gasteiger partial charge in [0.05, 0.1) is 6.61 Å². The summed E-state index contributed by atoms with van der Waals surface area (Å²) >= 11 is 0. The third kappa shape index (κ3) is 4.98. The van der Waals surface area contributed by atoms with Crippen molar-refractivity contribution in [2.45, 2.75) is 66.2 Å². The van der Waals surface area contributed by atoms with Crippen molar-refractivity contribution in [3.8, 4) is 0 Å². The highest BCUT2D eigenvalue weighted by molar-refractivity contribution is 5.98. The molecule has 2 heterocycles. The summed E-state index contributed by atoms with van der Waals surface area (Å²) in [6.45, 7) is 13.4. The summed E-state index contributed by atoms with van der Waals surface area (Å²) in [5.74, 6) is 0.00668. The lowest BCUT2D eigenvalue weighted by Crippen LogP contribution is -2.60. The van der Waals surface area contributed by atoms with E-state index < -0.39 is 17.2 Å². The predicted octanol–water partition coefficient (Wildman–Crippen LogP) is 2.97. The van der Waals surface area contributed by atoms with E-state index in [0.717, 1.165) is 5.56 Å². The quantitative estimate of drug-likeness (QED) is 0.776. The number of aryl methyl sites for hydroxylation is 1. The summed E-state index contributed by atoms with van der Waals surface area (Å²) in [5, 5.41) is 2.96. The second-order valence-electron chi connectivity index (χ2n) is 10.5. The van der Waals surface area contributed by atoms with Gasteiger partial charge in [-0.15, -0.1) is 0 Å². The van der Waals surface area contributed by atoms with E-state index in [1.807, 2.05) is 64.6 Å². The summed E-state index contributed by atoms with van der Waals surface area (Å²) in [6, 6.07) is 6.73. The summed E-state index contributed by atoms with van der Waals surface area (Å²) in [5.41, 5.74) is 0.188. The highest BCUT2D eigenvalue weighted by Gasteiger charge is 2.54. The van der Waals surface area contributed by atoms with Crippen LogP contribution in [-0.2, 0) is 14.3 Å². The monoisotopic (exact) mass is 443 g/mol. The van der Waals surface area contributed by atoms with E-state index in [0.29, 0.717) is 44.0 Å². The fourth-order valence-electron chi connectivity index (χ4n) is 4.44. The molecule has 0 aromatic heterocycles. The highest BCUT2D eigenvalue weighted by Crippen LogP contribution is 2.39. The van der Waals surface area contributed by atoms with E-state index in [9.17, 15) is 14.4 Å². The number of nitrogens with one attached hydrogen (secondary N) is 1. The topological polar surface area (TPSA) is 79.0 Å². The molecule has 0 aliphatic carbocycles. The van der Waals surface area contributed by atoms with Crippen molar-refractivity contribution >= 4 is 17.7 Å². The Labute approximate surface area is 191 Å². The molecule has 0 bridgehead atoms. The van der Waals surface area contributed by atoms with Gasteiger partial charge in [0, 0.05) is 43.5 Å². The molecular weight excluding hydrogens is 406 g/mol. The molecule has 3 rings (SSSR count). The third-order valence-corrected chi connectivity index (χ3v) is 6.21. The second kappa shape index (κ2) is 9.22. The number of nitrogens with zero attached hydrogens (tertiary/aromatic N) is 2. The Morgan fingerprint density at radius 3 is 2.41 bits per heavy atom. The van der Waals surface area contributed by atoms with Gasteiger partial charge in [-0.1, -0.05) is 52.3 Å². The molecule has 1 unspecified atom stereocenters. The second-order valence-corrected chi connectivity index (χ2v) is 10.5. The van der Waals surface area contributed by atoms with Crippen molar-refractivity contribution in [1.29, 1.82) is 0 Å². The van der Waals surface area contributed by atoms with Crippen LogP contribution in [0.15, 0.2) is 24.3 Å². The van der Waals surface area contributed by atoms with Crippen molar-refractivity contribution in [3.05, 3.63) is 35.4 Å². The number of hydrogen-bond acceptors (Lipinski definition) is 4. The average molecular weight is 444 g/mol. The van der Waals surface area contributed by atoms with Crippen molar-refractivity contribution in [2.75, 3.05) is 26.2 Å². The zero-order valence-corrected chi connectivity index (χ0v) is 20.2. The van der Waals surface area contributed by atoms with Crippen molar-refractivity contribution in [1.82, 2.24) is 15.1 Å². The smallest absolute Gasteiger partial charge is 0.256 e. The van der Waals surface area contributed by atoms with Gasteiger partial charge in [0.2, 0.25) is 11.8 Å². The molecule has 2 aliphatic rings. The van der Waals surface area contributed by atoms with Crippen LogP contribution in [-0.4, -0.2) is 65.5 Å². The van der Waals surface area contributed by atoms with Crippen LogP contribution in [0, 0.1) is 18.3 Å². The molecule has 7 heteroatoms. The number of likely N-dealkylation sites (tertiary alicyclic amines) is 1. The van der Waals surface area contributed by atoms with E-state index in [1.165, 1.54) is 0 Å². The Balaban J connectivity index is 1.87. The fourth-order valence-corrected chi connectivity index (χ4v) is 4.44. The normalized spacial score (nSPS) is 20.7. The molecule has 2 saturated heterocycles. The first-order valence-electron chi connectivity index (χ1n) is 11.6. The minimum Gasteiger partial charge on any atom is -0.354 e. The van der Waals surface area contributed by atoms with E-state index in [2.05, 4.69) is 5.32 Å². The maximum absolute atomic E-state index is 13.7. The SMILES string of the molecule is Cc1cccc(C(=O)N2C(C(=O)NCC(C)C)COC23CCN(C(=O)C(C)(C)C)CC3)c1. The summed E-state index contributed by atoms with van der Waals surface area (Å²) < 4.78 is 6.23. The molecule has 1 aromatic rings. The number of benzene rings is 1. The first-order valence-corrected chi connectivity index (χ1v) is 11.6. The Morgan fingerprint density at radius 2 is 1.84 bits per heavy atom. The lowest BCUT2D eigenvalue weighted by Gasteiger charge is -2.45. The lowest BCUT2D eigenvalue weighted by atomic mass is 9.91. The Bertz CT molecular complexity index is 866. The van der Waals surface area contributed by atoms with Gasteiger partial charge in [-0.2, -0.15) is 0 Å². The average Bonchev–Trinajstić information content (AvgIpc) is 3.09. The first kappa shape index (κ1) is 24.2. The number of rotatable bonds is 4. The molecule has 7 nitrogen and oxygen atoms in total. The van der Waals surface area contributed by atoms with E-state index in [1.54, 1.807) is 11.0 Å². The summed E-state index contributed by atoms with van der Waals surface area (Å²) in [7, 11) is 0. The molecule has 1 spiro atoms. The Kier molecular flexibility index (Phi) is 6.98. The van der Waals surface area contributed by atoms with E-state index in [4.69, 9.17) is 4.74 Å². The van der Waals surface area contributed by atoms with Crippen molar-refractivity contribution in [2.24, 2.45) is 11.3 Å². The van der Waals surface area contributed by atoms with Gasteiger partial charge in [-0.05, 0) is 25.0 Å². The van der Waals surface area contributed by atoms with Crippen molar-refractivity contribution < 1.29 is 19.1 Å². The largest absolute Gasteiger partial charge is 0.354 e. The van der Waals surface area contributed by atoms with Crippen LogP contribution in [0.4, 0.5) is 0 Å². The Hall–Kier alpha value is -2.41. The molecule has 0 saturated carbocycles. The number of piperidine rings is 1. The molecular formula is C25H37N3O4. The van der Waals surface area contributed by atoms with Crippen LogP contribution in [0.25, 0.3) is 0 Å². The molecule has 2 fully saturated rings. The summed E-state index contributed by atoms with van der Waals surface area (Å²) in [6.07, 6.45) is 0.973. The standard InChI is InChI=1S/C25H37N3O4/c1-17(2)15-26-21(29)20-16-32-25(10-12-27(13-11-25)23(31)24(4,5)6)28(20)22(30)19-9-7-8-18(3)14-19/h7-9,14,17,20H,10-13,15-16H2,1-6H3,(H,26,29). The van der Waals surface area contributed by atoms with E-state index in [-0.39, 0.29) is 24.3 Å². The maximum Gasteiger partial charge on any atom is 0.256 e. The number of hydrogen-bond donors (Lipinski definition) is 1. The van der Waals surface area contributed by atoms with Gasteiger partial charge in [0.1, 0.15) is 11.8 Å². The molecule has 2 aliphatic heterocycles. The van der Waals surface area contributed by atoms with Crippen LogP contribution in [0.3, 0.4) is 0 Å². The third-order valence-electron chi connectivity index (χ3n) is 6.21. The molecule has 0 radical (unpaired) electrons. The highest BCUT2D eigenvalue weighted by atomic mass is 16.5. The molecule has 176 valence electrons. The zero-order valence-electron chi connectivity index (χ0n) is 20.2. The minimum atomic E-state index is -0.880. The van der Waals surface area contributed by atoms with Gasteiger partial charge in [0.15, 0.2) is 0 Å². The number of carbonyl (C=O) groups is 3. The van der Waals surface area contributed by atoms with Gasteiger partial charge in [-0.25, -0.2) is 0 Å². The van der Waals surface area contributed by atoms with Crippen molar-refractivity contribution in [3.63, 3.8) is 0 Å².